The van der Waals surface area contributed by atoms with Gasteiger partial charge in [0.25, 0.3) is 0 Å². The van der Waals surface area contributed by atoms with Gasteiger partial charge in [-0.1, -0.05) is 34.8 Å². The zero-order chi connectivity index (χ0) is 13.5. The smallest absolute Gasteiger partial charge is 0.328 e. The third-order valence-corrected chi connectivity index (χ3v) is 2.65. The maximum Gasteiger partial charge on any atom is 0.328 e. The Balaban J connectivity index is 2.92. The SMILES string of the molecule is Cc1ccc(OCC(Cl)=CCl)c(C=CC(=O)O)c1. The van der Waals surface area contributed by atoms with Crippen LogP contribution < -0.4 is 4.74 Å². The Morgan fingerprint density at radius 2 is 2.22 bits per heavy atom. The van der Waals surface area contributed by atoms with Crippen molar-refractivity contribution in [3.8, 4) is 5.75 Å². The molecule has 18 heavy (non-hydrogen) atoms. The van der Waals surface area contributed by atoms with Crippen LogP contribution in [0.25, 0.3) is 6.08 Å². The molecule has 5 heteroatoms. The molecule has 1 N–H and O–H groups in total. The van der Waals surface area contributed by atoms with Crippen molar-refractivity contribution >= 4 is 35.2 Å². The number of hydrogen-bond donors (Lipinski definition) is 1. The lowest BCUT2D eigenvalue weighted by Crippen LogP contribution is -1.99. The molecule has 0 atom stereocenters. The summed E-state index contributed by atoms with van der Waals surface area (Å²) in [5.41, 5.74) is 2.91. The zero-order valence-corrected chi connectivity index (χ0v) is 11.2. The highest BCUT2D eigenvalue weighted by molar-refractivity contribution is 6.36. The molecule has 3 nitrogen and oxygen atoms in total. The van der Waals surface area contributed by atoms with Gasteiger partial charge in [-0.3, -0.25) is 0 Å². The number of carboxylic acid groups (broad SMARTS) is 1. The lowest BCUT2D eigenvalue weighted by atomic mass is 10.1. The minimum absolute atomic E-state index is 0.141. The highest BCUT2D eigenvalue weighted by Gasteiger charge is 2.03. The van der Waals surface area contributed by atoms with Crippen molar-refractivity contribution in [3.63, 3.8) is 0 Å². The topological polar surface area (TPSA) is 46.5 Å². The number of hydrogen-bond acceptors (Lipinski definition) is 2. The van der Waals surface area contributed by atoms with Crippen LogP contribution >= 0.6 is 23.2 Å². The normalized spacial score (nSPS) is 11.8. The van der Waals surface area contributed by atoms with Crippen LogP contribution in [0.3, 0.4) is 0 Å². The van der Waals surface area contributed by atoms with E-state index in [9.17, 15) is 4.79 Å². The van der Waals surface area contributed by atoms with Gasteiger partial charge in [-0.25, -0.2) is 4.79 Å². The van der Waals surface area contributed by atoms with E-state index in [1.165, 1.54) is 11.6 Å². The standard InChI is InChI=1S/C13H12Cl2O3/c1-9-2-4-12(18-8-11(15)7-14)10(6-9)3-5-13(16)17/h2-7H,8H2,1H3,(H,16,17). The number of carboxylic acids is 1. The van der Waals surface area contributed by atoms with Crippen LogP contribution in [-0.2, 0) is 4.79 Å². The molecule has 0 heterocycles. The van der Waals surface area contributed by atoms with Crippen LogP contribution in [0.1, 0.15) is 11.1 Å². The van der Waals surface area contributed by atoms with Crippen molar-refractivity contribution < 1.29 is 14.6 Å². The second kappa shape index (κ2) is 7.09. The van der Waals surface area contributed by atoms with E-state index in [1.807, 2.05) is 19.1 Å². The van der Waals surface area contributed by atoms with Gasteiger partial charge < -0.3 is 9.84 Å². The quantitative estimate of drug-likeness (QED) is 0.838. The highest BCUT2D eigenvalue weighted by atomic mass is 35.5. The number of ether oxygens (including phenoxy) is 1. The fourth-order valence-corrected chi connectivity index (χ4v) is 1.39. The molecule has 0 bridgehead atoms. The Bertz CT molecular complexity index is 493. The van der Waals surface area contributed by atoms with Gasteiger partial charge in [0.1, 0.15) is 12.4 Å². The second-order valence-corrected chi connectivity index (χ2v) is 4.26. The van der Waals surface area contributed by atoms with Crippen molar-refractivity contribution in [1.82, 2.24) is 0 Å². The summed E-state index contributed by atoms with van der Waals surface area (Å²) >= 11 is 11.1. The molecule has 1 aromatic carbocycles. The summed E-state index contributed by atoms with van der Waals surface area (Å²) < 4.78 is 5.45. The van der Waals surface area contributed by atoms with Crippen molar-refractivity contribution in [2.24, 2.45) is 0 Å². The van der Waals surface area contributed by atoms with Gasteiger partial charge in [-0.05, 0) is 25.1 Å². The Kier molecular flexibility index (Phi) is 5.75. The monoisotopic (exact) mass is 286 g/mol. The summed E-state index contributed by atoms with van der Waals surface area (Å²) in [4.78, 5) is 10.5. The summed E-state index contributed by atoms with van der Waals surface area (Å²) in [6, 6.07) is 5.45. The third-order valence-electron chi connectivity index (χ3n) is 2.05. The number of benzene rings is 1. The molecule has 1 rings (SSSR count). The number of carbonyl (C=O) groups is 1. The lowest BCUT2D eigenvalue weighted by Gasteiger charge is -2.09. The first kappa shape index (κ1) is 14.6. The van der Waals surface area contributed by atoms with Crippen LogP contribution in [0.2, 0.25) is 0 Å². The molecule has 0 aliphatic rings. The zero-order valence-electron chi connectivity index (χ0n) is 9.69. The lowest BCUT2D eigenvalue weighted by molar-refractivity contribution is -0.131. The third kappa shape index (κ3) is 4.82. The van der Waals surface area contributed by atoms with E-state index in [-0.39, 0.29) is 6.61 Å². The first-order valence-corrected chi connectivity index (χ1v) is 5.93. The van der Waals surface area contributed by atoms with E-state index in [4.69, 9.17) is 33.0 Å². The first-order chi connectivity index (χ1) is 8.52. The van der Waals surface area contributed by atoms with Crippen LogP contribution in [0, 0.1) is 6.92 Å². The molecule has 0 aliphatic carbocycles. The van der Waals surface area contributed by atoms with E-state index in [2.05, 4.69) is 0 Å². The van der Waals surface area contributed by atoms with Gasteiger partial charge in [0.2, 0.25) is 0 Å². The fraction of sp³-hybridized carbons (Fsp3) is 0.154. The van der Waals surface area contributed by atoms with Crippen molar-refractivity contribution in [3.05, 3.63) is 46.0 Å². The summed E-state index contributed by atoms with van der Waals surface area (Å²) in [5, 5.41) is 8.98. The Labute approximate surface area is 115 Å². The molecule has 0 amide bonds. The van der Waals surface area contributed by atoms with Gasteiger partial charge in [0, 0.05) is 17.2 Å². The Hall–Kier alpha value is -1.45. The highest BCUT2D eigenvalue weighted by Crippen LogP contribution is 2.22. The van der Waals surface area contributed by atoms with E-state index < -0.39 is 5.97 Å². The average molecular weight is 287 g/mol. The minimum Gasteiger partial charge on any atom is -0.487 e. The van der Waals surface area contributed by atoms with Crippen molar-refractivity contribution in [2.75, 3.05) is 6.61 Å². The molecule has 0 radical (unpaired) electrons. The minimum atomic E-state index is -1.01. The summed E-state index contributed by atoms with van der Waals surface area (Å²) in [6.45, 7) is 2.05. The van der Waals surface area contributed by atoms with E-state index >= 15 is 0 Å². The van der Waals surface area contributed by atoms with Crippen LogP contribution in [-0.4, -0.2) is 17.7 Å². The molecule has 0 aromatic heterocycles. The average Bonchev–Trinajstić information content (AvgIpc) is 2.34. The maximum atomic E-state index is 10.5. The largest absolute Gasteiger partial charge is 0.487 e. The summed E-state index contributed by atoms with van der Waals surface area (Å²) in [5.74, 6) is -0.462. The molecule has 1 aromatic rings. The van der Waals surface area contributed by atoms with Gasteiger partial charge in [0.15, 0.2) is 0 Å². The first-order valence-electron chi connectivity index (χ1n) is 5.12. The van der Waals surface area contributed by atoms with E-state index in [0.29, 0.717) is 16.3 Å². The summed E-state index contributed by atoms with van der Waals surface area (Å²) in [7, 11) is 0. The molecule has 0 fully saturated rings. The predicted molar refractivity (Wildman–Crippen MR) is 73.1 cm³/mol. The Morgan fingerprint density at radius 1 is 1.50 bits per heavy atom. The second-order valence-electron chi connectivity index (χ2n) is 3.56. The summed E-state index contributed by atoms with van der Waals surface area (Å²) in [6.07, 6.45) is 2.53. The molecule has 96 valence electrons. The molecule has 0 saturated carbocycles. The molecule has 0 aliphatic heterocycles. The van der Waals surface area contributed by atoms with Gasteiger partial charge in [-0.2, -0.15) is 0 Å². The van der Waals surface area contributed by atoms with Crippen LogP contribution in [0.15, 0.2) is 34.8 Å². The van der Waals surface area contributed by atoms with Gasteiger partial charge >= 0.3 is 5.97 Å². The Morgan fingerprint density at radius 3 is 2.83 bits per heavy atom. The molecule has 0 spiro atoms. The van der Waals surface area contributed by atoms with Gasteiger partial charge in [-0.15, -0.1) is 0 Å². The van der Waals surface area contributed by atoms with E-state index in [1.54, 1.807) is 6.07 Å². The number of halogens is 2. The number of aryl methyl sites for hydroxylation is 1. The van der Waals surface area contributed by atoms with Crippen molar-refractivity contribution in [1.29, 1.82) is 0 Å². The molecule has 0 saturated heterocycles. The molecular weight excluding hydrogens is 275 g/mol. The van der Waals surface area contributed by atoms with Crippen LogP contribution in [0.4, 0.5) is 0 Å². The van der Waals surface area contributed by atoms with Crippen molar-refractivity contribution in [2.45, 2.75) is 6.92 Å². The molecular formula is C13H12Cl2O3. The number of rotatable bonds is 5. The predicted octanol–water partition coefficient (Wildman–Crippen LogP) is 3.79. The van der Waals surface area contributed by atoms with Crippen LogP contribution in [0.5, 0.6) is 5.75 Å². The maximum absolute atomic E-state index is 10.5. The number of aliphatic carboxylic acids is 1. The fourth-order valence-electron chi connectivity index (χ4n) is 1.27. The van der Waals surface area contributed by atoms with E-state index in [0.717, 1.165) is 11.6 Å². The molecule has 0 unspecified atom stereocenters. The van der Waals surface area contributed by atoms with Gasteiger partial charge in [0.05, 0.1) is 5.03 Å².